The van der Waals surface area contributed by atoms with Crippen LogP contribution in [0.4, 0.5) is 0 Å². The van der Waals surface area contributed by atoms with Gasteiger partial charge in [0.25, 0.3) is 0 Å². The van der Waals surface area contributed by atoms with Crippen LogP contribution in [0.3, 0.4) is 0 Å². The van der Waals surface area contributed by atoms with Gasteiger partial charge in [-0.3, -0.25) is 0 Å². The summed E-state index contributed by atoms with van der Waals surface area (Å²) in [7, 11) is 0. The predicted octanol–water partition coefficient (Wildman–Crippen LogP) is 3.61. The number of hydrogen-bond acceptors (Lipinski definition) is 1. The first-order chi connectivity index (χ1) is 5.33. The zero-order chi connectivity index (χ0) is 9.78. The second kappa shape index (κ2) is 5.23. The van der Waals surface area contributed by atoms with Crippen LogP contribution in [0.1, 0.15) is 41.0 Å². The molecule has 12 heavy (non-hydrogen) atoms. The van der Waals surface area contributed by atoms with Crippen LogP contribution in [-0.4, -0.2) is 17.5 Å². The minimum Gasteiger partial charge on any atom is -0.378 e. The van der Waals surface area contributed by atoms with E-state index in [4.69, 9.17) is 4.74 Å². The van der Waals surface area contributed by atoms with Gasteiger partial charge in [0.05, 0.1) is 12.7 Å². The van der Waals surface area contributed by atoms with Gasteiger partial charge in [-0.1, -0.05) is 36.7 Å². The zero-order valence-corrected chi connectivity index (χ0v) is 10.4. The molecule has 0 fully saturated rings. The molecule has 0 saturated carbocycles. The van der Waals surface area contributed by atoms with E-state index in [1.54, 1.807) is 0 Å². The highest BCUT2D eigenvalue weighted by atomic mass is 79.9. The van der Waals surface area contributed by atoms with Gasteiger partial charge >= 0.3 is 0 Å². The van der Waals surface area contributed by atoms with Crippen molar-refractivity contribution in [2.45, 2.75) is 52.0 Å². The molecule has 2 heteroatoms. The molecule has 0 rings (SSSR count). The lowest BCUT2D eigenvalue weighted by Gasteiger charge is -2.26. The average Bonchev–Trinajstić information content (AvgIpc) is 1.81. The number of hydrogen-bond donors (Lipinski definition) is 0. The van der Waals surface area contributed by atoms with E-state index in [1.807, 2.05) is 0 Å². The normalized spacial score (nSPS) is 15.2. The molecule has 0 aromatic heterocycles. The van der Waals surface area contributed by atoms with Crippen LogP contribution in [-0.2, 0) is 4.74 Å². The van der Waals surface area contributed by atoms with Crippen LogP contribution < -0.4 is 0 Å². The summed E-state index contributed by atoms with van der Waals surface area (Å²) < 4.78 is 5.59. The zero-order valence-electron chi connectivity index (χ0n) is 8.86. The smallest absolute Gasteiger partial charge is 0.0521 e. The number of alkyl halides is 1. The van der Waals surface area contributed by atoms with E-state index in [0.29, 0.717) is 10.9 Å². The molecule has 0 spiro atoms. The molecule has 0 aliphatic rings. The predicted molar refractivity (Wildman–Crippen MR) is 57.9 cm³/mol. The maximum absolute atomic E-state index is 5.59. The SMILES string of the molecule is CC(Br)CC(C)(C)COC(C)C. The summed E-state index contributed by atoms with van der Waals surface area (Å²) in [5.41, 5.74) is 0.285. The van der Waals surface area contributed by atoms with Gasteiger partial charge in [0.1, 0.15) is 0 Å². The van der Waals surface area contributed by atoms with Gasteiger partial charge in [-0.2, -0.15) is 0 Å². The highest BCUT2D eigenvalue weighted by Crippen LogP contribution is 2.26. The van der Waals surface area contributed by atoms with Gasteiger partial charge in [0.2, 0.25) is 0 Å². The van der Waals surface area contributed by atoms with E-state index in [0.717, 1.165) is 13.0 Å². The lowest BCUT2D eigenvalue weighted by Crippen LogP contribution is -2.24. The first-order valence-electron chi connectivity index (χ1n) is 4.59. The summed E-state index contributed by atoms with van der Waals surface area (Å²) in [6, 6.07) is 0. The molecule has 0 aliphatic carbocycles. The average molecular weight is 237 g/mol. The Kier molecular flexibility index (Phi) is 5.42. The third-order valence-electron chi connectivity index (χ3n) is 1.64. The Bertz CT molecular complexity index is 119. The van der Waals surface area contributed by atoms with Crippen LogP contribution in [0.25, 0.3) is 0 Å². The van der Waals surface area contributed by atoms with Gasteiger partial charge in [-0.25, -0.2) is 0 Å². The quantitative estimate of drug-likeness (QED) is 0.663. The van der Waals surface area contributed by atoms with Crippen LogP contribution in [0.15, 0.2) is 0 Å². The minimum atomic E-state index is 0.285. The fraction of sp³-hybridized carbons (Fsp3) is 1.00. The Morgan fingerprint density at radius 3 is 2.08 bits per heavy atom. The Morgan fingerprint density at radius 1 is 1.25 bits per heavy atom. The summed E-state index contributed by atoms with van der Waals surface area (Å²) >= 11 is 3.56. The fourth-order valence-electron chi connectivity index (χ4n) is 1.21. The summed E-state index contributed by atoms with van der Waals surface area (Å²) in [6.07, 6.45) is 1.50. The molecule has 1 unspecified atom stereocenters. The first kappa shape index (κ1) is 12.4. The summed E-state index contributed by atoms with van der Waals surface area (Å²) in [4.78, 5) is 0.572. The van der Waals surface area contributed by atoms with Crippen LogP contribution in [0, 0.1) is 5.41 Å². The maximum Gasteiger partial charge on any atom is 0.0521 e. The van der Waals surface area contributed by atoms with Gasteiger partial charge < -0.3 is 4.74 Å². The maximum atomic E-state index is 5.59. The molecule has 0 radical (unpaired) electrons. The highest BCUT2D eigenvalue weighted by Gasteiger charge is 2.20. The molecule has 0 aromatic carbocycles. The van der Waals surface area contributed by atoms with Crippen LogP contribution in [0.2, 0.25) is 0 Å². The third kappa shape index (κ3) is 7.11. The van der Waals surface area contributed by atoms with E-state index >= 15 is 0 Å². The second-order valence-electron chi connectivity index (χ2n) is 4.51. The molecular weight excluding hydrogens is 216 g/mol. The Labute approximate surface area is 85.0 Å². The molecule has 1 atom stereocenters. The van der Waals surface area contributed by atoms with Crippen molar-refractivity contribution in [3.05, 3.63) is 0 Å². The van der Waals surface area contributed by atoms with E-state index in [-0.39, 0.29) is 5.41 Å². The number of rotatable bonds is 5. The second-order valence-corrected chi connectivity index (χ2v) is 6.07. The van der Waals surface area contributed by atoms with E-state index < -0.39 is 0 Å². The van der Waals surface area contributed by atoms with Crippen LogP contribution >= 0.6 is 15.9 Å². The van der Waals surface area contributed by atoms with Crippen LogP contribution in [0.5, 0.6) is 0 Å². The van der Waals surface area contributed by atoms with Crippen molar-refractivity contribution >= 4 is 15.9 Å². The van der Waals surface area contributed by atoms with E-state index in [2.05, 4.69) is 50.5 Å². The van der Waals surface area contributed by atoms with E-state index in [9.17, 15) is 0 Å². The molecular formula is C10H21BrO. The summed E-state index contributed by atoms with van der Waals surface area (Å²) in [5.74, 6) is 0. The van der Waals surface area contributed by atoms with Crippen molar-refractivity contribution in [3.63, 3.8) is 0 Å². The lowest BCUT2D eigenvalue weighted by molar-refractivity contribution is 0.0187. The van der Waals surface area contributed by atoms with Crippen molar-refractivity contribution in [2.24, 2.45) is 5.41 Å². The monoisotopic (exact) mass is 236 g/mol. The first-order valence-corrected chi connectivity index (χ1v) is 5.51. The van der Waals surface area contributed by atoms with Gasteiger partial charge in [-0.05, 0) is 25.7 Å². The molecule has 0 aromatic rings. The van der Waals surface area contributed by atoms with Crippen molar-refractivity contribution in [3.8, 4) is 0 Å². The highest BCUT2D eigenvalue weighted by molar-refractivity contribution is 9.09. The van der Waals surface area contributed by atoms with Gasteiger partial charge in [0.15, 0.2) is 0 Å². The molecule has 0 aliphatic heterocycles. The Balaban J connectivity index is 3.71. The Hall–Kier alpha value is 0.440. The molecule has 1 nitrogen and oxygen atoms in total. The molecule has 0 bridgehead atoms. The number of halogens is 1. The minimum absolute atomic E-state index is 0.285. The van der Waals surface area contributed by atoms with Crippen molar-refractivity contribution < 1.29 is 4.74 Å². The third-order valence-corrected chi connectivity index (χ3v) is 1.97. The molecule has 0 amide bonds. The topological polar surface area (TPSA) is 9.23 Å². The standard InChI is InChI=1S/C10H21BrO/c1-8(2)12-7-10(4,5)6-9(3)11/h8-9H,6-7H2,1-5H3. The molecule has 74 valence electrons. The number of ether oxygens (including phenoxy) is 1. The largest absolute Gasteiger partial charge is 0.378 e. The van der Waals surface area contributed by atoms with Crippen molar-refractivity contribution in [2.75, 3.05) is 6.61 Å². The molecule has 0 heterocycles. The van der Waals surface area contributed by atoms with Crippen molar-refractivity contribution in [1.82, 2.24) is 0 Å². The van der Waals surface area contributed by atoms with E-state index in [1.165, 1.54) is 0 Å². The molecule has 0 saturated heterocycles. The molecule has 0 N–H and O–H groups in total. The lowest BCUT2D eigenvalue weighted by atomic mass is 9.89. The summed E-state index contributed by atoms with van der Waals surface area (Å²) in [6.45, 7) is 11.7. The van der Waals surface area contributed by atoms with Gasteiger partial charge in [0, 0.05) is 4.83 Å². The fourth-order valence-corrected chi connectivity index (χ4v) is 2.09. The summed E-state index contributed by atoms with van der Waals surface area (Å²) in [5, 5.41) is 0. The Morgan fingerprint density at radius 2 is 1.75 bits per heavy atom. The van der Waals surface area contributed by atoms with Crippen molar-refractivity contribution in [1.29, 1.82) is 0 Å². The van der Waals surface area contributed by atoms with Gasteiger partial charge in [-0.15, -0.1) is 0 Å².